The van der Waals surface area contributed by atoms with Crippen LogP contribution in [0, 0.1) is 19.8 Å². The van der Waals surface area contributed by atoms with Gasteiger partial charge < -0.3 is 15.1 Å². The minimum Gasteiger partial charge on any atom is -0.349 e. The third kappa shape index (κ3) is 4.27. The standard InChI is InChI=1S/C15H24N4O2S/c1-10-11(2)22-13(17-10)8-16-15(21)12-7-14(20)19(9-12)6-5-18(3)4/h12H,5-9H2,1-4H3,(H,16,21)/t12-/m1/s1. The van der Waals surface area contributed by atoms with E-state index in [9.17, 15) is 9.59 Å². The van der Waals surface area contributed by atoms with Gasteiger partial charge in [0.2, 0.25) is 11.8 Å². The van der Waals surface area contributed by atoms with Crippen LogP contribution in [0.4, 0.5) is 0 Å². The molecule has 1 aliphatic rings. The Hall–Kier alpha value is -1.47. The number of carbonyl (C=O) groups excluding carboxylic acids is 2. The van der Waals surface area contributed by atoms with Crippen molar-refractivity contribution in [2.45, 2.75) is 26.8 Å². The number of nitrogens with zero attached hydrogens (tertiary/aromatic N) is 3. The van der Waals surface area contributed by atoms with Crippen molar-refractivity contribution in [3.63, 3.8) is 0 Å². The van der Waals surface area contributed by atoms with E-state index in [1.54, 1.807) is 16.2 Å². The molecule has 0 saturated carbocycles. The fourth-order valence-electron chi connectivity index (χ4n) is 2.41. The van der Waals surface area contributed by atoms with Crippen LogP contribution in [0.2, 0.25) is 0 Å². The molecule has 0 radical (unpaired) electrons. The zero-order valence-corrected chi connectivity index (χ0v) is 14.5. The number of carbonyl (C=O) groups is 2. The Bertz CT molecular complexity index is 536. The van der Waals surface area contributed by atoms with Crippen LogP contribution in [0.5, 0.6) is 0 Å². The summed E-state index contributed by atoms with van der Waals surface area (Å²) in [5.74, 6) is -0.217. The monoisotopic (exact) mass is 324 g/mol. The molecular formula is C15H24N4O2S. The fraction of sp³-hybridized carbons (Fsp3) is 0.667. The van der Waals surface area contributed by atoms with Gasteiger partial charge in [0.15, 0.2) is 0 Å². The summed E-state index contributed by atoms with van der Waals surface area (Å²) in [6.07, 6.45) is 0.315. The average Bonchev–Trinajstić information content (AvgIpc) is 2.97. The number of nitrogens with one attached hydrogen (secondary N) is 1. The van der Waals surface area contributed by atoms with Crippen LogP contribution in [0.25, 0.3) is 0 Å². The van der Waals surface area contributed by atoms with E-state index in [4.69, 9.17) is 0 Å². The minimum absolute atomic E-state index is 0.0498. The van der Waals surface area contributed by atoms with Crippen LogP contribution in [0.1, 0.15) is 22.0 Å². The van der Waals surface area contributed by atoms with Crippen molar-refractivity contribution >= 4 is 23.2 Å². The molecule has 0 aliphatic carbocycles. The Balaban J connectivity index is 1.82. The molecular weight excluding hydrogens is 300 g/mol. The predicted molar refractivity (Wildman–Crippen MR) is 86.7 cm³/mol. The lowest BCUT2D eigenvalue weighted by Crippen LogP contribution is -2.35. The van der Waals surface area contributed by atoms with Crippen LogP contribution >= 0.6 is 11.3 Å². The van der Waals surface area contributed by atoms with Gasteiger partial charge in [-0.25, -0.2) is 4.98 Å². The van der Waals surface area contributed by atoms with Crippen molar-refractivity contribution in [1.82, 2.24) is 20.1 Å². The quantitative estimate of drug-likeness (QED) is 0.840. The second-order valence-corrected chi connectivity index (χ2v) is 7.30. The minimum atomic E-state index is -0.239. The Morgan fingerprint density at radius 2 is 2.18 bits per heavy atom. The van der Waals surface area contributed by atoms with Gasteiger partial charge >= 0.3 is 0 Å². The number of hydrogen-bond donors (Lipinski definition) is 1. The molecule has 1 aromatic rings. The van der Waals surface area contributed by atoms with E-state index >= 15 is 0 Å². The SMILES string of the molecule is Cc1nc(CNC(=O)[C@@H]2CC(=O)N(CCN(C)C)C2)sc1C. The maximum Gasteiger partial charge on any atom is 0.225 e. The summed E-state index contributed by atoms with van der Waals surface area (Å²) in [6.45, 7) is 6.46. The topological polar surface area (TPSA) is 65.5 Å². The molecule has 7 heteroatoms. The normalized spacial score (nSPS) is 18.3. The maximum atomic E-state index is 12.2. The Labute approximate surface area is 135 Å². The first-order valence-electron chi connectivity index (χ1n) is 7.50. The number of likely N-dealkylation sites (N-methyl/N-ethyl adjacent to an activating group) is 1. The van der Waals surface area contributed by atoms with Gasteiger partial charge in [0, 0.05) is 30.9 Å². The summed E-state index contributed by atoms with van der Waals surface area (Å²) in [5.41, 5.74) is 1.01. The fourth-order valence-corrected chi connectivity index (χ4v) is 3.28. The molecule has 122 valence electrons. The molecule has 0 spiro atoms. The van der Waals surface area contributed by atoms with Crippen molar-refractivity contribution < 1.29 is 9.59 Å². The molecule has 1 N–H and O–H groups in total. The largest absolute Gasteiger partial charge is 0.349 e. The molecule has 0 unspecified atom stereocenters. The second-order valence-electron chi connectivity index (χ2n) is 6.01. The van der Waals surface area contributed by atoms with E-state index in [1.807, 2.05) is 32.8 Å². The molecule has 2 heterocycles. The lowest BCUT2D eigenvalue weighted by atomic mass is 10.1. The van der Waals surface area contributed by atoms with E-state index in [1.165, 1.54) is 4.88 Å². The van der Waals surface area contributed by atoms with Crippen LogP contribution in [-0.4, -0.2) is 60.3 Å². The summed E-state index contributed by atoms with van der Waals surface area (Å²) in [5, 5.41) is 3.82. The van der Waals surface area contributed by atoms with Crippen LogP contribution < -0.4 is 5.32 Å². The zero-order valence-electron chi connectivity index (χ0n) is 13.7. The third-order valence-corrected chi connectivity index (χ3v) is 4.96. The van der Waals surface area contributed by atoms with Gasteiger partial charge in [0.05, 0.1) is 18.2 Å². The second kappa shape index (κ2) is 7.19. The lowest BCUT2D eigenvalue weighted by molar-refractivity contribution is -0.129. The first-order chi connectivity index (χ1) is 10.4. The highest BCUT2D eigenvalue weighted by molar-refractivity contribution is 7.11. The number of aryl methyl sites for hydroxylation is 2. The summed E-state index contributed by atoms with van der Waals surface area (Å²) in [4.78, 5) is 33.6. The van der Waals surface area contributed by atoms with Gasteiger partial charge in [-0.05, 0) is 27.9 Å². The Morgan fingerprint density at radius 3 is 2.77 bits per heavy atom. The molecule has 22 heavy (non-hydrogen) atoms. The van der Waals surface area contributed by atoms with Gasteiger partial charge in [0.25, 0.3) is 0 Å². The predicted octanol–water partition coefficient (Wildman–Crippen LogP) is 0.786. The van der Waals surface area contributed by atoms with Gasteiger partial charge in [-0.3, -0.25) is 9.59 Å². The van der Waals surface area contributed by atoms with Crippen molar-refractivity contribution in [1.29, 1.82) is 0 Å². The molecule has 2 rings (SSSR count). The van der Waals surface area contributed by atoms with Crippen molar-refractivity contribution in [2.75, 3.05) is 33.7 Å². The number of rotatable bonds is 6. The van der Waals surface area contributed by atoms with Crippen LogP contribution in [-0.2, 0) is 16.1 Å². The molecule has 1 aliphatic heterocycles. The summed E-state index contributed by atoms with van der Waals surface area (Å²) < 4.78 is 0. The number of thiazole rings is 1. The van der Waals surface area contributed by atoms with Gasteiger partial charge in [-0.2, -0.15) is 0 Å². The zero-order chi connectivity index (χ0) is 16.3. The third-order valence-electron chi connectivity index (χ3n) is 3.89. The number of amides is 2. The van der Waals surface area contributed by atoms with E-state index in [2.05, 4.69) is 10.3 Å². The Morgan fingerprint density at radius 1 is 1.45 bits per heavy atom. The summed E-state index contributed by atoms with van der Waals surface area (Å²) in [6, 6.07) is 0. The molecule has 0 aromatic carbocycles. The Kier molecular flexibility index (Phi) is 5.52. The highest BCUT2D eigenvalue weighted by Crippen LogP contribution is 2.19. The molecule has 6 nitrogen and oxygen atoms in total. The number of hydrogen-bond acceptors (Lipinski definition) is 5. The summed E-state index contributed by atoms with van der Waals surface area (Å²) >= 11 is 1.60. The van der Waals surface area contributed by atoms with E-state index in [0.717, 1.165) is 17.2 Å². The summed E-state index contributed by atoms with van der Waals surface area (Å²) in [7, 11) is 3.95. The average molecular weight is 324 g/mol. The first-order valence-corrected chi connectivity index (χ1v) is 8.31. The smallest absolute Gasteiger partial charge is 0.225 e. The van der Waals surface area contributed by atoms with Crippen LogP contribution in [0.15, 0.2) is 0 Å². The molecule has 2 amide bonds. The van der Waals surface area contributed by atoms with Crippen molar-refractivity contribution in [3.8, 4) is 0 Å². The first kappa shape index (κ1) is 16.9. The highest BCUT2D eigenvalue weighted by atomic mass is 32.1. The molecule has 1 atom stereocenters. The lowest BCUT2D eigenvalue weighted by Gasteiger charge is -2.19. The van der Waals surface area contributed by atoms with E-state index in [0.29, 0.717) is 26.1 Å². The molecule has 1 fully saturated rings. The molecule has 0 bridgehead atoms. The molecule has 1 aromatic heterocycles. The van der Waals surface area contributed by atoms with E-state index < -0.39 is 0 Å². The van der Waals surface area contributed by atoms with Crippen LogP contribution in [0.3, 0.4) is 0 Å². The van der Waals surface area contributed by atoms with Gasteiger partial charge in [0.1, 0.15) is 5.01 Å². The molecule has 1 saturated heterocycles. The van der Waals surface area contributed by atoms with Gasteiger partial charge in [-0.1, -0.05) is 0 Å². The number of aromatic nitrogens is 1. The van der Waals surface area contributed by atoms with Crippen molar-refractivity contribution in [3.05, 3.63) is 15.6 Å². The number of likely N-dealkylation sites (tertiary alicyclic amines) is 1. The van der Waals surface area contributed by atoms with Crippen molar-refractivity contribution in [2.24, 2.45) is 5.92 Å². The highest BCUT2D eigenvalue weighted by Gasteiger charge is 2.33. The van der Waals surface area contributed by atoms with Gasteiger partial charge in [-0.15, -0.1) is 11.3 Å². The maximum absolute atomic E-state index is 12.2. The van der Waals surface area contributed by atoms with E-state index in [-0.39, 0.29) is 17.7 Å².